The van der Waals surface area contributed by atoms with Gasteiger partial charge in [0.15, 0.2) is 0 Å². The molecular weight excluding hydrogens is 178 g/mol. The van der Waals surface area contributed by atoms with Crippen molar-refractivity contribution in [2.45, 2.75) is 37.5 Å². The van der Waals surface area contributed by atoms with Crippen molar-refractivity contribution in [3.8, 4) is 0 Å². The van der Waals surface area contributed by atoms with Crippen molar-refractivity contribution >= 4 is 10.0 Å². The molecule has 12 heavy (non-hydrogen) atoms. The predicted octanol–water partition coefficient (Wildman–Crippen LogP) is -0.161. The van der Waals surface area contributed by atoms with Gasteiger partial charge in [-0.3, -0.25) is 0 Å². The standard InChI is InChI=1S/C7H15NO3S/c1-2-6(5-9)8-12(10,11)7-3-4-7/h6-9H,2-5H2,1H3/t6-/m0/s1. The molecule has 1 aliphatic carbocycles. The molecule has 0 saturated heterocycles. The van der Waals surface area contributed by atoms with Crippen molar-refractivity contribution in [2.75, 3.05) is 6.61 Å². The van der Waals surface area contributed by atoms with Gasteiger partial charge in [0.25, 0.3) is 0 Å². The zero-order valence-electron chi connectivity index (χ0n) is 7.16. The fourth-order valence-electron chi connectivity index (χ4n) is 0.957. The predicted molar refractivity (Wildman–Crippen MR) is 46.2 cm³/mol. The Hall–Kier alpha value is -0.130. The zero-order chi connectivity index (χ0) is 9.19. The monoisotopic (exact) mass is 193 g/mol. The first-order chi connectivity index (χ1) is 5.60. The van der Waals surface area contributed by atoms with Gasteiger partial charge in [0.05, 0.1) is 11.9 Å². The molecule has 0 amide bonds. The summed E-state index contributed by atoms with van der Waals surface area (Å²) >= 11 is 0. The first-order valence-electron chi connectivity index (χ1n) is 4.22. The van der Waals surface area contributed by atoms with E-state index in [0.717, 1.165) is 12.8 Å². The SMILES string of the molecule is CC[C@@H](CO)NS(=O)(=O)C1CC1. The molecule has 0 aliphatic heterocycles. The maximum absolute atomic E-state index is 11.3. The number of nitrogens with one attached hydrogen (secondary N) is 1. The van der Waals surface area contributed by atoms with E-state index in [4.69, 9.17) is 5.11 Å². The molecule has 1 saturated carbocycles. The highest BCUT2D eigenvalue weighted by molar-refractivity contribution is 7.90. The van der Waals surface area contributed by atoms with E-state index in [0.29, 0.717) is 6.42 Å². The lowest BCUT2D eigenvalue weighted by atomic mass is 10.3. The van der Waals surface area contributed by atoms with Gasteiger partial charge in [-0.1, -0.05) is 6.92 Å². The molecule has 0 heterocycles. The summed E-state index contributed by atoms with van der Waals surface area (Å²) in [6, 6.07) is -0.310. The van der Waals surface area contributed by atoms with Crippen LogP contribution in [0.2, 0.25) is 0 Å². The van der Waals surface area contributed by atoms with Crippen LogP contribution in [0.15, 0.2) is 0 Å². The molecule has 0 aromatic rings. The molecule has 4 nitrogen and oxygen atoms in total. The lowest BCUT2D eigenvalue weighted by molar-refractivity contribution is 0.254. The maximum atomic E-state index is 11.3. The van der Waals surface area contributed by atoms with Crippen molar-refractivity contribution in [2.24, 2.45) is 0 Å². The van der Waals surface area contributed by atoms with Gasteiger partial charge in [-0.25, -0.2) is 13.1 Å². The highest BCUT2D eigenvalue weighted by Crippen LogP contribution is 2.27. The third-order valence-electron chi connectivity index (χ3n) is 2.01. The van der Waals surface area contributed by atoms with Crippen molar-refractivity contribution in [1.82, 2.24) is 4.72 Å². The van der Waals surface area contributed by atoms with Gasteiger partial charge in [-0.15, -0.1) is 0 Å². The van der Waals surface area contributed by atoms with Crippen molar-refractivity contribution < 1.29 is 13.5 Å². The highest BCUT2D eigenvalue weighted by atomic mass is 32.2. The van der Waals surface area contributed by atoms with Gasteiger partial charge < -0.3 is 5.11 Å². The first kappa shape index (κ1) is 9.95. The van der Waals surface area contributed by atoms with Crippen LogP contribution in [-0.4, -0.2) is 31.4 Å². The van der Waals surface area contributed by atoms with Crippen LogP contribution in [0.5, 0.6) is 0 Å². The van der Waals surface area contributed by atoms with Gasteiger partial charge >= 0.3 is 0 Å². The Morgan fingerprint density at radius 3 is 2.50 bits per heavy atom. The lowest BCUT2D eigenvalue weighted by Crippen LogP contribution is -2.38. The van der Waals surface area contributed by atoms with Crippen LogP contribution in [0.4, 0.5) is 0 Å². The Balaban J connectivity index is 2.47. The fraction of sp³-hybridized carbons (Fsp3) is 1.00. The molecular formula is C7H15NO3S. The lowest BCUT2D eigenvalue weighted by Gasteiger charge is -2.13. The minimum atomic E-state index is -3.12. The van der Waals surface area contributed by atoms with Crippen LogP contribution in [0, 0.1) is 0 Å². The van der Waals surface area contributed by atoms with Crippen molar-refractivity contribution in [3.63, 3.8) is 0 Å². The number of hydrogen-bond acceptors (Lipinski definition) is 3. The summed E-state index contributed by atoms with van der Waals surface area (Å²) in [6.07, 6.45) is 2.15. The summed E-state index contributed by atoms with van der Waals surface area (Å²) in [5, 5.41) is 8.57. The molecule has 0 bridgehead atoms. The van der Waals surface area contributed by atoms with Crippen molar-refractivity contribution in [3.05, 3.63) is 0 Å². The average molecular weight is 193 g/mol. The van der Waals surface area contributed by atoms with Crippen molar-refractivity contribution in [1.29, 1.82) is 0 Å². The van der Waals surface area contributed by atoms with Crippen LogP contribution in [0.25, 0.3) is 0 Å². The minimum absolute atomic E-state index is 0.123. The van der Waals surface area contributed by atoms with Gasteiger partial charge in [0, 0.05) is 6.04 Å². The number of aliphatic hydroxyl groups excluding tert-OH is 1. The summed E-state index contributed by atoms with van der Waals surface area (Å²) in [5.74, 6) is 0. The number of hydrogen-bond donors (Lipinski definition) is 2. The Bertz CT molecular complexity index is 229. The number of rotatable bonds is 5. The molecule has 1 rings (SSSR count). The van der Waals surface area contributed by atoms with E-state index >= 15 is 0 Å². The molecule has 0 radical (unpaired) electrons. The van der Waals surface area contributed by atoms with E-state index in [1.165, 1.54) is 0 Å². The second-order valence-electron chi connectivity index (χ2n) is 3.15. The summed E-state index contributed by atoms with van der Waals surface area (Å²) < 4.78 is 25.1. The van der Waals surface area contributed by atoms with Gasteiger partial charge in [-0.2, -0.15) is 0 Å². The normalized spacial score (nSPS) is 20.8. The van der Waals surface area contributed by atoms with Gasteiger partial charge in [0.1, 0.15) is 0 Å². The molecule has 72 valence electrons. The van der Waals surface area contributed by atoms with Crippen LogP contribution >= 0.6 is 0 Å². The second kappa shape index (κ2) is 3.72. The summed E-state index contributed by atoms with van der Waals surface area (Å²) in [5.41, 5.74) is 0. The molecule has 1 atom stereocenters. The average Bonchev–Trinajstić information content (AvgIpc) is 2.82. The molecule has 0 aromatic heterocycles. The third kappa shape index (κ3) is 2.43. The second-order valence-corrected chi connectivity index (χ2v) is 5.14. The Labute approximate surface area is 73.0 Å². The van der Waals surface area contributed by atoms with E-state index in [2.05, 4.69) is 4.72 Å². The zero-order valence-corrected chi connectivity index (χ0v) is 7.97. The summed E-state index contributed by atoms with van der Waals surface area (Å²) in [7, 11) is -3.12. The van der Waals surface area contributed by atoms with E-state index in [1.54, 1.807) is 0 Å². The first-order valence-corrected chi connectivity index (χ1v) is 5.76. The van der Waals surface area contributed by atoms with E-state index in [1.807, 2.05) is 6.92 Å². The van der Waals surface area contributed by atoms with Gasteiger partial charge in [0.2, 0.25) is 10.0 Å². The van der Waals surface area contributed by atoms with E-state index in [9.17, 15) is 8.42 Å². The molecule has 0 spiro atoms. The molecule has 0 aromatic carbocycles. The maximum Gasteiger partial charge on any atom is 0.214 e. The third-order valence-corrected chi connectivity index (χ3v) is 4.02. The largest absolute Gasteiger partial charge is 0.395 e. The molecule has 2 N–H and O–H groups in total. The topological polar surface area (TPSA) is 66.4 Å². The van der Waals surface area contributed by atoms with Crippen LogP contribution in [0.1, 0.15) is 26.2 Å². The quantitative estimate of drug-likeness (QED) is 0.637. The van der Waals surface area contributed by atoms with Gasteiger partial charge in [-0.05, 0) is 19.3 Å². The van der Waals surface area contributed by atoms with E-state index < -0.39 is 10.0 Å². The molecule has 0 unspecified atom stereocenters. The van der Waals surface area contributed by atoms with Crippen LogP contribution in [-0.2, 0) is 10.0 Å². The molecule has 5 heteroatoms. The number of sulfonamides is 1. The summed E-state index contributed by atoms with van der Waals surface area (Å²) in [4.78, 5) is 0. The Kier molecular flexibility index (Phi) is 3.09. The Morgan fingerprint density at radius 2 is 2.17 bits per heavy atom. The smallest absolute Gasteiger partial charge is 0.214 e. The molecule has 1 aliphatic rings. The summed E-state index contributed by atoms with van der Waals surface area (Å²) in [6.45, 7) is 1.72. The van der Waals surface area contributed by atoms with E-state index in [-0.39, 0.29) is 17.9 Å². The highest BCUT2D eigenvalue weighted by Gasteiger charge is 2.36. The van der Waals surface area contributed by atoms with Crippen LogP contribution < -0.4 is 4.72 Å². The minimum Gasteiger partial charge on any atom is -0.395 e. The number of aliphatic hydroxyl groups is 1. The fourth-order valence-corrected chi connectivity index (χ4v) is 2.61. The molecule has 1 fully saturated rings. The Morgan fingerprint density at radius 1 is 1.58 bits per heavy atom. The van der Waals surface area contributed by atoms with Crippen LogP contribution in [0.3, 0.4) is 0 Å².